The summed E-state index contributed by atoms with van der Waals surface area (Å²) in [6.07, 6.45) is 1.60. The number of carbonyl (C=O) groups excluding carboxylic acids is 1. The predicted octanol–water partition coefficient (Wildman–Crippen LogP) is 1.88. The topological polar surface area (TPSA) is 49.8 Å². The number of likely N-dealkylation sites (tertiary alicyclic amines) is 1. The highest BCUT2D eigenvalue weighted by atomic mass is 19.3. The maximum atomic E-state index is 12.2. The van der Waals surface area contributed by atoms with E-state index in [1.807, 2.05) is 0 Å². The molecule has 0 aliphatic carbocycles. The Labute approximate surface area is 109 Å². The number of amides is 1. The van der Waals surface area contributed by atoms with Gasteiger partial charge in [-0.15, -0.1) is 0 Å². The van der Waals surface area contributed by atoms with E-state index in [0.717, 1.165) is 12.8 Å². The van der Waals surface area contributed by atoms with E-state index in [-0.39, 0.29) is 24.3 Å². The maximum absolute atomic E-state index is 12.2. The molecule has 0 spiro atoms. The monoisotopic (exact) mass is 271 g/mol. The number of hydrogen-bond acceptors (Lipinski definition) is 3. The van der Waals surface area contributed by atoms with Crippen molar-refractivity contribution < 1.29 is 23.4 Å². The summed E-state index contributed by atoms with van der Waals surface area (Å²) in [5.74, 6) is -0.308. The number of aliphatic hydroxyl groups excluding tert-OH is 1. The summed E-state index contributed by atoms with van der Waals surface area (Å²) >= 11 is 0. The molecule has 6 heteroatoms. The zero-order chi connectivity index (χ0) is 13.8. The average Bonchev–Trinajstić information content (AvgIpc) is 2.85. The lowest BCUT2D eigenvalue weighted by atomic mass is 10.1. The fraction of sp³-hybridized carbons (Fsp3) is 0.462. The molecular weight excluding hydrogens is 256 g/mol. The molecule has 0 bridgehead atoms. The smallest absolute Gasteiger partial charge is 0.387 e. The van der Waals surface area contributed by atoms with Gasteiger partial charge in [0.15, 0.2) is 0 Å². The van der Waals surface area contributed by atoms with Gasteiger partial charge in [0.05, 0.1) is 12.6 Å². The molecule has 1 atom stereocenters. The first-order chi connectivity index (χ1) is 9.11. The molecule has 0 radical (unpaired) electrons. The molecule has 1 aliphatic rings. The van der Waals surface area contributed by atoms with E-state index in [1.165, 1.54) is 18.2 Å². The highest BCUT2D eigenvalue weighted by Crippen LogP contribution is 2.22. The van der Waals surface area contributed by atoms with E-state index in [4.69, 9.17) is 0 Å². The lowest BCUT2D eigenvalue weighted by Gasteiger charge is -2.23. The van der Waals surface area contributed by atoms with Crippen LogP contribution < -0.4 is 4.74 Å². The number of halogens is 2. The summed E-state index contributed by atoms with van der Waals surface area (Å²) in [6.45, 7) is -2.43. The van der Waals surface area contributed by atoms with Gasteiger partial charge in [0, 0.05) is 12.1 Å². The van der Waals surface area contributed by atoms with Gasteiger partial charge in [0.1, 0.15) is 5.75 Å². The minimum absolute atomic E-state index is 0.0411. The zero-order valence-corrected chi connectivity index (χ0v) is 10.3. The Bertz CT molecular complexity index is 453. The quantitative estimate of drug-likeness (QED) is 0.909. The van der Waals surface area contributed by atoms with Gasteiger partial charge in [0.25, 0.3) is 5.91 Å². The first-order valence-corrected chi connectivity index (χ1v) is 6.08. The van der Waals surface area contributed by atoms with Crippen LogP contribution in [0, 0.1) is 0 Å². The third-order valence-electron chi connectivity index (χ3n) is 3.15. The number of carbonyl (C=O) groups is 1. The first kappa shape index (κ1) is 13.7. The number of ether oxygens (including phenoxy) is 1. The van der Waals surface area contributed by atoms with Crippen molar-refractivity contribution in [1.29, 1.82) is 0 Å². The van der Waals surface area contributed by atoms with E-state index in [9.17, 15) is 18.7 Å². The van der Waals surface area contributed by atoms with Crippen LogP contribution in [0.2, 0.25) is 0 Å². The molecule has 1 unspecified atom stereocenters. The molecule has 1 saturated heterocycles. The Kier molecular flexibility index (Phi) is 4.31. The van der Waals surface area contributed by atoms with Crippen molar-refractivity contribution >= 4 is 5.91 Å². The Hall–Kier alpha value is -1.69. The van der Waals surface area contributed by atoms with Gasteiger partial charge in [0.2, 0.25) is 0 Å². The second kappa shape index (κ2) is 5.97. The van der Waals surface area contributed by atoms with Crippen molar-refractivity contribution in [2.24, 2.45) is 0 Å². The van der Waals surface area contributed by atoms with E-state index < -0.39 is 6.61 Å². The van der Waals surface area contributed by atoms with Crippen LogP contribution in [-0.2, 0) is 0 Å². The van der Waals surface area contributed by atoms with Crippen molar-refractivity contribution in [1.82, 2.24) is 4.90 Å². The lowest BCUT2D eigenvalue weighted by Crippen LogP contribution is -2.37. The van der Waals surface area contributed by atoms with E-state index in [1.54, 1.807) is 11.0 Å². The molecule has 4 nitrogen and oxygen atoms in total. The van der Waals surface area contributed by atoms with Crippen molar-refractivity contribution in [3.63, 3.8) is 0 Å². The largest absolute Gasteiger partial charge is 0.435 e. The van der Waals surface area contributed by atoms with Crippen LogP contribution in [0.1, 0.15) is 23.2 Å². The van der Waals surface area contributed by atoms with Crippen LogP contribution in [0.25, 0.3) is 0 Å². The van der Waals surface area contributed by atoms with Crippen molar-refractivity contribution in [3.8, 4) is 5.75 Å². The van der Waals surface area contributed by atoms with Gasteiger partial charge < -0.3 is 14.7 Å². The maximum Gasteiger partial charge on any atom is 0.387 e. The van der Waals surface area contributed by atoms with Crippen LogP contribution in [0.5, 0.6) is 5.75 Å². The van der Waals surface area contributed by atoms with E-state index in [0.29, 0.717) is 12.1 Å². The second-order valence-electron chi connectivity index (χ2n) is 4.38. The van der Waals surface area contributed by atoms with Crippen LogP contribution >= 0.6 is 0 Å². The Morgan fingerprint density at radius 1 is 1.53 bits per heavy atom. The predicted molar refractivity (Wildman–Crippen MR) is 64.2 cm³/mol. The number of hydrogen-bond donors (Lipinski definition) is 1. The average molecular weight is 271 g/mol. The molecule has 2 rings (SSSR count). The normalized spacial score (nSPS) is 18.9. The minimum atomic E-state index is -2.91. The van der Waals surface area contributed by atoms with Gasteiger partial charge in [-0.2, -0.15) is 8.78 Å². The molecule has 1 fully saturated rings. The zero-order valence-electron chi connectivity index (χ0n) is 10.3. The van der Waals surface area contributed by atoms with Crippen molar-refractivity contribution in [2.45, 2.75) is 25.5 Å². The fourth-order valence-electron chi connectivity index (χ4n) is 2.26. The van der Waals surface area contributed by atoms with Gasteiger partial charge in [-0.25, -0.2) is 0 Å². The van der Waals surface area contributed by atoms with E-state index in [2.05, 4.69) is 4.74 Å². The molecule has 1 N–H and O–H groups in total. The highest BCUT2D eigenvalue weighted by molar-refractivity contribution is 5.95. The molecular formula is C13H15F2NO3. The standard InChI is InChI=1S/C13H15F2NO3/c14-13(15)19-11-5-1-3-9(7-11)12(18)16-6-2-4-10(16)8-17/h1,3,5,7,10,13,17H,2,4,6,8H2. The molecule has 1 aliphatic heterocycles. The molecule has 0 saturated carbocycles. The van der Waals surface area contributed by atoms with Gasteiger partial charge >= 0.3 is 6.61 Å². The van der Waals surface area contributed by atoms with E-state index >= 15 is 0 Å². The second-order valence-corrected chi connectivity index (χ2v) is 4.38. The lowest BCUT2D eigenvalue weighted by molar-refractivity contribution is -0.0499. The van der Waals surface area contributed by atoms with Gasteiger partial charge in [-0.1, -0.05) is 6.07 Å². The minimum Gasteiger partial charge on any atom is -0.435 e. The Morgan fingerprint density at radius 3 is 3.00 bits per heavy atom. The van der Waals surface area contributed by atoms with Crippen molar-refractivity contribution in [2.75, 3.05) is 13.2 Å². The third-order valence-corrected chi connectivity index (χ3v) is 3.15. The van der Waals surface area contributed by atoms with Gasteiger partial charge in [-0.05, 0) is 31.0 Å². The van der Waals surface area contributed by atoms with Gasteiger partial charge in [-0.3, -0.25) is 4.79 Å². The summed E-state index contributed by atoms with van der Waals surface area (Å²) in [5, 5.41) is 9.19. The molecule has 1 aromatic carbocycles. The van der Waals surface area contributed by atoms with Crippen LogP contribution in [0.3, 0.4) is 0 Å². The number of alkyl halides is 2. The summed E-state index contributed by atoms with van der Waals surface area (Å²) in [6, 6.07) is 5.52. The van der Waals surface area contributed by atoms with Crippen LogP contribution in [0.4, 0.5) is 8.78 Å². The number of benzene rings is 1. The molecule has 104 valence electrons. The van der Waals surface area contributed by atoms with Crippen molar-refractivity contribution in [3.05, 3.63) is 29.8 Å². The number of aliphatic hydroxyl groups is 1. The summed E-state index contributed by atoms with van der Waals surface area (Å²) in [4.78, 5) is 13.8. The fourth-order valence-corrected chi connectivity index (χ4v) is 2.26. The highest BCUT2D eigenvalue weighted by Gasteiger charge is 2.28. The molecule has 1 amide bonds. The summed E-state index contributed by atoms with van der Waals surface area (Å²) in [5.41, 5.74) is 0.290. The number of nitrogens with zero attached hydrogens (tertiary/aromatic N) is 1. The summed E-state index contributed by atoms with van der Waals surface area (Å²) in [7, 11) is 0. The third kappa shape index (κ3) is 3.20. The Balaban J connectivity index is 2.14. The molecule has 1 heterocycles. The first-order valence-electron chi connectivity index (χ1n) is 6.08. The molecule has 19 heavy (non-hydrogen) atoms. The number of rotatable bonds is 4. The molecule has 0 aromatic heterocycles. The van der Waals surface area contributed by atoms with Crippen LogP contribution in [0.15, 0.2) is 24.3 Å². The SMILES string of the molecule is O=C(c1cccc(OC(F)F)c1)N1CCCC1CO. The summed E-state index contributed by atoms with van der Waals surface area (Å²) < 4.78 is 28.5. The molecule has 1 aromatic rings. The Morgan fingerprint density at radius 2 is 2.32 bits per heavy atom. The van der Waals surface area contributed by atoms with Crippen LogP contribution in [-0.4, -0.2) is 41.7 Å².